The number of carbonyl (C=O) groups excluding carboxylic acids is 3. The molecule has 0 aliphatic heterocycles. The molecule has 0 bridgehead atoms. The van der Waals surface area contributed by atoms with Crippen LogP contribution in [0.4, 0.5) is 13.2 Å². The maximum atomic E-state index is 13.2. The molecule has 1 atom stereocenters. The number of hydrogen-bond donors (Lipinski definition) is 2. The molecule has 12 heteroatoms. The van der Waals surface area contributed by atoms with Crippen molar-refractivity contribution in [2.75, 3.05) is 0 Å². The van der Waals surface area contributed by atoms with E-state index in [1.807, 2.05) is 0 Å². The molecule has 3 N–H and O–H groups in total. The fourth-order valence-corrected chi connectivity index (χ4v) is 2.73. The monoisotopic (exact) mass is 432 g/mol. The van der Waals surface area contributed by atoms with Gasteiger partial charge in [-0.2, -0.15) is 18.3 Å². The average molecular weight is 432 g/mol. The number of carbonyl (C=O) groups is 3. The summed E-state index contributed by atoms with van der Waals surface area (Å²) in [5.41, 5.74) is 3.79. The first-order chi connectivity index (χ1) is 14.7. The lowest BCUT2D eigenvalue weighted by molar-refractivity contribution is -0.141. The third kappa shape index (κ3) is 5.10. The Morgan fingerprint density at radius 1 is 1.13 bits per heavy atom. The highest BCUT2D eigenvalue weighted by atomic mass is 19.4. The number of nitrogens with one attached hydrogen (secondary N) is 1. The summed E-state index contributed by atoms with van der Waals surface area (Å²) in [7, 11) is 0. The van der Waals surface area contributed by atoms with E-state index >= 15 is 0 Å². The van der Waals surface area contributed by atoms with Crippen LogP contribution in [0.25, 0.3) is 5.82 Å². The zero-order valence-corrected chi connectivity index (χ0v) is 15.7. The van der Waals surface area contributed by atoms with Crippen LogP contribution in [0.5, 0.6) is 0 Å². The lowest BCUT2D eigenvalue weighted by atomic mass is 10.0. The molecule has 0 fully saturated rings. The van der Waals surface area contributed by atoms with Gasteiger partial charge in [-0.3, -0.25) is 14.4 Å². The Hall–Kier alpha value is -4.09. The first-order valence-corrected chi connectivity index (χ1v) is 8.79. The average Bonchev–Trinajstić information content (AvgIpc) is 3.20. The second kappa shape index (κ2) is 8.73. The van der Waals surface area contributed by atoms with Gasteiger partial charge in [-0.1, -0.05) is 30.3 Å². The van der Waals surface area contributed by atoms with Gasteiger partial charge in [-0.25, -0.2) is 14.6 Å². The first-order valence-electron chi connectivity index (χ1n) is 8.79. The van der Waals surface area contributed by atoms with Gasteiger partial charge in [0.1, 0.15) is 18.1 Å². The molecule has 31 heavy (non-hydrogen) atoms. The van der Waals surface area contributed by atoms with Crippen molar-refractivity contribution in [3.8, 4) is 5.82 Å². The molecule has 2 amide bonds. The minimum Gasteiger partial charge on any atom is -0.363 e. The van der Waals surface area contributed by atoms with E-state index in [4.69, 9.17) is 5.73 Å². The zero-order valence-electron chi connectivity index (χ0n) is 15.7. The summed E-state index contributed by atoms with van der Waals surface area (Å²) in [4.78, 5) is 43.9. The van der Waals surface area contributed by atoms with Gasteiger partial charge in [-0.05, 0) is 5.56 Å². The van der Waals surface area contributed by atoms with Crippen molar-refractivity contribution in [1.29, 1.82) is 0 Å². The van der Waals surface area contributed by atoms with E-state index in [2.05, 4.69) is 20.4 Å². The van der Waals surface area contributed by atoms with Crippen LogP contribution in [0, 0.1) is 0 Å². The summed E-state index contributed by atoms with van der Waals surface area (Å²) >= 11 is 0. The number of nitrogens with zero attached hydrogens (tertiary/aromatic N) is 4. The fraction of sp³-hybridized carbons (Fsp3) is 0.158. The number of primary amides is 1. The predicted octanol–water partition coefficient (Wildman–Crippen LogP) is 1.08. The van der Waals surface area contributed by atoms with Crippen LogP contribution in [0.2, 0.25) is 0 Å². The highest BCUT2D eigenvalue weighted by Crippen LogP contribution is 2.29. The molecule has 0 saturated heterocycles. The Labute approximate surface area is 173 Å². The fourth-order valence-electron chi connectivity index (χ4n) is 2.73. The molecule has 2 heterocycles. The number of benzene rings is 1. The Bertz CT molecular complexity index is 1100. The highest BCUT2D eigenvalue weighted by Gasteiger charge is 2.37. The van der Waals surface area contributed by atoms with Gasteiger partial charge in [0.25, 0.3) is 11.8 Å². The van der Waals surface area contributed by atoms with Crippen LogP contribution >= 0.6 is 0 Å². The van der Waals surface area contributed by atoms with E-state index in [0.717, 1.165) is 6.33 Å². The summed E-state index contributed by atoms with van der Waals surface area (Å²) in [6.07, 6.45) is -2.60. The summed E-state index contributed by atoms with van der Waals surface area (Å²) in [5.74, 6) is -3.56. The third-order valence-corrected chi connectivity index (χ3v) is 4.16. The minimum absolute atomic E-state index is 0.0951. The summed E-state index contributed by atoms with van der Waals surface area (Å²) < 4.78 is 40.2. The number of nitrogens with two attached hydrogens (primary N) is 1. The van der Waals surface area contributed by atoms with E-state index in [0.29, 0.717) is 16.3 Å². The molecule has 2 aromatic heterocycles. The molecule has 0 aliphatic carbocycles. The summed E-state index contributed by atoms with van der Waals surface area (Å²) in [5, 5.41) is 5.68. The van der Waals surface area contributed by atoms with Gasteiger partial charge in [0.15, 0.2) is 11.5 Å². The number of halogens is 3. The van der Waals surface area contributed by atoms with Crippen molar-refractivity contribution in [2.24, 2.45) is 5.73 Å². The quantitative estimate of drug-likeness (QED) is 0.537. The Morgan fingerprint density at radius 2 is 1.84 bits per heavy atom. The SMILES string of the molecule is NC(=O)C(=O)C(Cc1ccccc1)NC(=O)c1cc(C(F)(F)F)nn1-c1ccncn1. The van der Waals surface area contributed by atoms with Gasteiger partial charge >= 0.3 is 6.18 Å². The lowest BCUT2D eigenvalue weighted by Gasteiger charge is -2.16. The van der Waals surface area contributed by atoms with Crippen LogP contribution in [0.3, 0.4) is 0 Å². The van der Waals surface area contributed by atoms with Crippen LogP contribution < -0.4 is 11.1 Å². The van der Waals surface area contributed by atoms with E-state index in [1.165, 1.54) is 12.3 Å². The van der Waals surface area contributed by atoms with E-state index in [1.54, 1.807) is 30.3 Å². The van der Waals surface area contributed by atoms with Crippen molar-refractivity contribution in [2.45, 2.75) is 18.6 Å². The van der Waals surface area contributed by atoms with Crippen LogP contribution in [0.15, 0.2) is 55.0 Å². The molecule has 1 aromatic carbocycles. The molecule has 3 aromatic rings. The second-order valence-electron chi connectivity index (χ2n) is 6.34. The number of amides is 2. The smallest absolute Gasteiger partial charge is 0.363 e. The van der Waals surface area contributed by atoms with Crippen LogP contribution in [-0.4, -0.2) is 43.4 Å². The number of alkyl halides is 3. The van der Waals surface area contributed by atoms with Crippen LogP contribution in [-0.2, 0) is 22.2 Å². The van der Waals surface area contributed by atoms with Gasteiger partial charge < -0.3 is 11.1 Å². The first kappa shape index (κ1) is 21.6. The molecule has 3 rings (SSSR count). The molecule has 0 aliphatic rings. The number of Topliss-reactive ketones (excluding diaryl/α,β-unsaturated/α-hetero) is 1. The maximum absolute atomic E-state index is 13.2. The second-order valence-corrected chi connectivity index (χ2v) is 6.34. The molecule has 160 valence electrons. The molecular weight excluding hydrogens is 417 g/mol. The van der Waals surface area contributed by atoms with E-state index < -0.39 is 41.2 Å². The molecule has 0 spiro atoms. The number of ketones is 1. The molecule has 0 radical (unpaired) electrons. The zero-order chi connectivity index (χ0) is 22.6. The third-order valence-electron chi connectivity index (χ3n) is 4.16. The van der Waals surface area contributed by atoms with Gasteiger partial charge in [0.2, 0.25) is 5.78 Å². The molecule has 0 saturated carbocycles. The van der Waals surface area contributed by atoms with Crippen LogP contribution in [0.1, 0.15) is 21.7 Å². The minimum atomic E-state index is -4.83. The van der Waals surface area contributed by atoms with E-state index in [-0.39, 0.29) is 12.2 Å². The summed E-state index contributed by atoms with van der Waals surface area (Å²) in [6.45, 7) is 0. The molecular formula is C19H15F3N6O3. The lowest BCUT2D eigenvalue weighted by Crippen LogP contribution is -2.47. The van der Waals surface area contributed by atoms with Gasteiger partial charge in [0, 0.05) is 24.8 Å². The van der Waals surface area contributed by atoms with Crippen molar-refractivity contribution >= 4 is 17.6 Å². The van der Waals surface area contributed by atoms with Gasteiger partial charge in [-0.15, -0.1) is 0 Å². The van der Waals surface area contributed by atoms with Crippen molar-refractivity contribution in [3.05, 3.63) is 71.9 Å². The Morgan fingerprint density at radius 3 is 2.42 bits per heavy atom. The summed E-state index contributed by atoms with van der Waals surface area (Å²) in [6, 6.07) is 8.78. The van der Waals surface area contributed by atoms with Crippen molar-refractivity contribution < 1.29 is 27.6 Å². The standard InChI is InChI=1S/C19H15F3N6O3/c20-19(21,22)14-9-13(28(27-14)15-6-7-24-10-25-15)18(31)26-12(16(29)17(23)30)8-11-4-2-1-3-5-11/h1-7,9-10,12H,8H2,(H2,23,30)(H,26,31). The molecule has 9 nitrogen and oxygen atoms in total. The highest BCUT2D eigenvalue weighted by molar-refractivity contribution is 6.38. The Balaban J connectivity index is 1.97. The van der Waals surface area contributed by atoms with E-state index in [9.17, 15) is 27.6 Å². The largest absolute Gasteiger partial charge is 0.435 e. The number of hydrogen-bond acceptors (Lipinski definition) is 6. The predicted molar refractivity (Wildman–Crippen MR) is 99.8 cm³/mol. The maximum Gasteiger partial charge on any atom is 0.435 e. The normalized spacial score (nSPS) is 12.2. The van der Waals surface area contributed by atoms with Gasteiger partial charge in [0.05, 0.1) is 0 Å². The number of aromatic nitrogens is 4. The topological polar surface area (TPSA) is 133 Å². The Kier molecular flexibility index (Phi) is 6.09. The number of rotatable bonds is 7. The molecule has 1 unspecified atom stereocenters. The van der Waals surface area contributed by atoms with Crippen molar-refractivity contribution in [3.63, 3.8) is 0 Å². The van der Waals surface area contributed by atoms with Crippen molar-refractivity contribution in [1.82, 2.24) is 25.1 Å².